The van der Waals surface area contributed by atoms with Crippen LogP contribution in [-0.4, -0.2) is 34.0 Å². The Labute approximate surface area is 109 Å². The number of halogens is 2. The van der Waals surface area contributed by atoms with Gasteiger partial charge in [-0.25, -0.2) is 8.78 Å². The SMILES string of the molecule is O=C(O)[C@@H]1[C@@H]2C[C@H](CC2(F)F)N1Cc1ccccc1. The van der Waals surface area contributed by atoms with Gasteiger partial charge in [0, 0.05) is 19.0 Å². The molecule has 19 heavy (non-hydrogen) atoms. The van der Waals surface area contributed by atoms with E-state index in [2.05, 4.69) is 0 Å². The lowest BCUT2D eigenvalue weighted by Crippen LogP contribution is -2.51. The molecule has 0 radical (unpaired) electrons. The van der Waals surface area contributed by atoms with Gasteiger partial charge in [-0.15, -0.1) is 0 Å². The first-order valence-electron chi connectivity index (χ1n) is 6.39. The van der Waals surface area contributed by atoms with Crippen LogP contribution < -0.4 is 0 Å². The van der Waals surface area contributed by atoms with Gasteiger partial charge in [0.15, 0.2) is 0 Å². The summed E-state index contributed by atoms with van der Waals surface area (Å²) >= 11 is 0. The number of hydrogen-bond donors (Lipinski definition) is 1. The lowest BCUT2D eigenvalue weighted by Gasteiger charge is -2.36. The second kappa shape index (κ2) is 4.27. The second-order valence-electron chi connectivity index (χ2n) is 5.40. The van der Waals surface area contributed by atoms with Crippen LogP contribution in [0.15, 0.2) is 30.3 Å². The van der Waals surface area contributed by atoms with Gasteiger partial charge in [-0.1, -0.05) is 30.3 Å². The number of carbonyl (C=O) groups is 1. The number of benzene rings is 1. The molecule has 0 unspecified atom stereocenters. The molecule has 3 atom stereocenters. The predicted molar refractivity (Wildman–Crippen MR) is 64.9 cm³/mol. The molecule has 2 aliphatic rings. The summed E-state index contributed by atoms with van der Waals surface area (Å²) in [6.07, 6.45) is 0.0745. The Morgan fingerprint density at radius 1 is 1.37 bits per heavy atom. The van der Waals surface area contributed by atoms with Crippen molar-refractivity contribution in [2.45, 2.75) is 37.4 Å². The molecule has 1 aliphatic heterocycles. The molecule has 1 aromatic rings. The molecule has 3 nitrogen and oxygen atoms in total. The molecule has 1 N–H and O–H groups in total. The molecule has 1 saturated carbocycles. The largest absolute Gasteiger partial charge is 0.480 e. The number of aliphatic carboxylic acids is 1. The normalized spacial score (nSPS) is 32.6. The summed E-state index contributed by atoms with van der Waals surface area (Å²) in [6.45, 7) is 0.426. The van der Waals surface area contributed by atoms with E-state index in [0.717, 1.165) is 5.56 Å². The summed E-state index contributed by atoms with van der Waals surface area (Å²) in [6, 6.07) is 8.02. The summed E-state index contributed by atoms with van der Waals surface area (Å²) in [5.41, 5.74) is 0.963. The highest BCUT2D eigenvalue weighted by atomic mass is 19.3. The van der Waals surface area contributed by atoms with E-state index in [1.54, 1.807) is 4.90 Å². The number of piperidine rings is 1. The van der Waals surface area contributed by atoms with Crippen LogP contribution in [0, 0.1) is 5.92 Å². The standard InChI is InChI=1S/C14H15F2NO2/c15-14(16)7-10-6-11(14)12(13(18)19)17(10)8-9-4-2-1-3-5-9/h1-5,10-12H,6-8H2,(H,18,19)/t10-,11+,12+/m1/s1. The Morgan fingerprint density at radius 2 is 2.05 bits per heavy atom. The third-order valence-electron chi connectivity index (χ3n) is 4.24. The highest BCUT2D eigenvalue weighted by molar-refractivity contribution is 5.75. The highest BCUT2D eigenvalue weighted by Gasteiger charge is 2.63. The minimum absolute atomic E-state index is 0.214. The van der Waals surface area contributed by atoms with Crippen LogP contribution in [0.3, 0.4) is 0 Å². The fourth-order valence-corrected chi connectivity index (χ4v) is 3.42. The zero-order valence-corrected chi connectivity index (χ0v) is 10.3. The summed E-state index contributed by atoms with van der Waals surface area (Å²) in [5.74, 6) is -5.01. The quantitative estimate of drug-likeness (QED) is 0.914. The van der Waals surface area contributed by atoms with E-state index in [1.807, 2.05) is 30.3 Å². The molecule has 0 spiro atoms. The van der Waals surface area contributed by atoms with Crippen molar-refractivity contribution in [2.75, 3.05) is 0 Å². The van der Waals surface area contributed by atoms with Crippen LogP contribution in [0.25, 0.3) is 0 Å². The minimum Gasteiger partial charge on any atom is -0.480 e. The maximum absolute atomic E-state index is 13.7. The van der Waals surface area contributed by atoms with Crippen LogP contribution in [0.2, 0.25) is 0 Å². The number of hydrogen-bond acceptors (Lipinski definition) is 2. The van der Waals surface area contributed by atoms with Gasteiger partial charge in [0.05, 0.1) is 5.92 Å². The van der Waals surface area contributed by atoms with E-state index in [4.69, 9.17) is 0 Å². The van der Waals surface area contributed by atoms with E-state index >= 15 is 0 Å². The molecule has 2 bridgehead atoms. The van der Waals surface area contributed by atoms with Crippen molar-refractivity contribution in [3.63, 3.8) is 0 Å². The molecule has 0 amide bonds. The number of rotatable bonds is 3. The number of nitrogens with zero attached hydrogens (tertiary/aromatic N) is 1. The lowest BCUT2D eigenvalue weighted by molar-refractivity contribution is -0.157. The minimum atomic E-state index is -2.83. The average molecular weight is 267 g/mol. The molecular formula is C14H15F2NO2. The Bertz CT molecular complexity index is 491. The van der Waals surface area contributed by atoms with Gasteiger partial charge in [0.1, 0.15) is 6.04 Å². The van der Waals surface area contributed by atoms with Crippen molar-refractivity contribution in [2.24, 2.45) is 5.92 Å². The number of likely N-dealkylation sites (tertiary alicyclic amines) is 1. The monoisotopic (exact) mass is 267 g/mol. The summed E-state index contributed by atoms with van der Waals surface area (Å²) in [5, 5.41) is 9.24. The predicted octanol–water partition coefficient (Wildman–Crippen LogP) is 2.37. The van der Waals surface area contributed by atoms with Gasteiger partial charge in [0.25, 0.3) is 5.92 Å². The Hall–Kier alpha value is -1.49. The van der Waals surface area contributed by atoms with Gasteiger partial charge < -0.3 is 5.11 Å². The van der Waals surface area contributed by atoms with Gasteiger partial charge in [-0.3, -0.25) is 9.69 Å². The topological polar surface area (TPSA) is 40.5 Å². The first kappa shape index (κ1) is 12.5. The number of alkyl halides is 2. The van der Waals surface area contributed by atoms with Crippen molar-refractivity contribution in [3.8, 4) is 0 Å². The van der Waals surface area contributed by atoms with E-state index in [-0.39, 0.29) is 18.9 Å². The number of fused-ring (bicyclic) bond motifs is 2. The number of carboxylic acids is 1. The molecule has 102 valence electrons. The zero-order chi connectivity index (χ0) is 13.6. The van der Waals surface area contributed by atoms with Crippen molar-refractivity contribution in [3.05, 3.63) is 35.9 Å². The smallest absolute Gasteiger partial charge is 0.321 e. The van der Waals surface area contributed by atoms with Gasteiger partial charge in [-0.05, 0) is 12.0 Å². The fraction of sp³-hybridized carbons (Fsp3) is 0.500. The number of carboxylic acid groups (broad SMARTS) is 1. The Morgan fingerprint density at radius 3 is 2.68 bits per heavy atom. The molecule has 3 rings (SSSR count). The highest BCUT2D eigenvalue weighted by Crippen LogP contribution is 2.52. The molecule has 5 heteroatoms. The Kier molecular flexibility index (Phi) is 2.82. The van der Waals surface area contributed by atoms with Gasteiger partial charge in [-0.2, -0.15) is 0 Å². The molecule has 1 heterocycles. The zero-order valence-electron chi connectivity index (χ0n) is 10.3. The third-order valence-corrected chi connectivity index (χ3v) is 4.24. The first-order valence-corrected chi connectivity index (χ1v) is 6.39. The van der Waals surface area contributed by atoms with Gasteiger partial charge in [0.2, 0.25) is 0 Å². The van der Waals surface area contributed by atoms with Crippen LogP contribution in [0.1, 0.15) is 18.4 Å². The maximum atomic E-state index is 13.7. The maximum Gasteiger partial charge on any atom is 0.321 e. The lowest BCUT2D eigenvalue weighted by atomic mass is 9.94. The van der Waals surface area contributed by atoms with Crippen LogP contribution in [0.5, 0.6) is 0 Å². The first-order chi connectivity index (χ1) is 8.99. The van der Waals surface area contributed by atoms with Crippen molar-refractivity contribution >= 4 is 5.97 Å². The van der Waals surface area contributed by atoms with E-state index in [0.29, 0.717) is 6.54 Å². The molecule has 1 aromatic carbocycles. The third kappa shape index (κ3) is 2.02. The molecule has 1 aliphatic carbocycles. The van der Waals surface area contributed by atoms with Crippen molar-refractivity contribution in [1.82, 2.24) is 4.90 Å². The van der Waals surface area contributed by atoms with Crippen LogP contribution in [0.4, 0.5) is 8.78 Å². The van der Waals surface area contributed by atoms with E-state index < -0.39 is 23.9 Å². The van der Waals surface area contributed by atoms with Crippen molar-refractivity contribution < 1.29 is 18.7 Å². The summed E-state index contributed by atoms with van der Waals surface area (Å²) in [7, 11) is 0. The fourth-order valence-electron chi connectivity index (χ4n) is 3.42. The molecule has 0 aromatic heterocycles. The van der Waals surface area contributed by atoms with Gasteiger partial charge >= 0.3 is 5.97 Å². The van der Waals surface area contributed by atoms with Crippen LogP contribution >= 0.6 is 0 Å². The summed E-state index contributed by atoms with van der Waals surface area (Å²) in [4.78, 5) is 13.0. The molecule has 1 saturated heterocycles. The summed E-state index contributed by atoms with van der Waals surface area (Å²) < 4.78 is 27.3. The van der Waals surface area contributed by atoms with E-state index in [1.165, 1.54) is 0 Å². The van der Waals surface area contributed by atoms with Crippen LogP contribution in [-0.2, 0) is 11.3 Å². The molecular weight excluding hydrogens is 252 g/mol. The average Bonchev–Trinajstić information content (AvgIpc) is 2.83. The van der Waals surface area contributed by atoms with Crippen molar-refractivity contribution in [1.29, 1.82) is 0 Å². The Balaban J connectivity index is 1.84. The second-order valence-corrected chi connectivity index (χ2v) is 5.40. The molecule has 2 fully saturated rings. The van der Waals surface area contributed by atoms with E-state index in [9.17, 15) is 18.7 Å².